The predicted molar refractivity (Wildman–Crippen MR) is 188 cm³/mol. The lowest BCUT2D eigenvalue weighted by molar-refractivity contribution is -0.136. The first-order valence-corrected chi connectivity index (χ1v) is 17.8. The number of benzene rings is 2. The van der Waals surface area contributed by atoms with Crippen LogP contribution in [0.2, 0.25) is 0 Å². The summed E-state index contributed by atoms with van der Waals surface area (Å²) in [6.07, 6.45) is 21.4. The number of methoxy groups -OCH3 is 1. The minimum absolute atomic E-state index is 0.351. The van der Waals surface area contributed by atoms with Gasteiger partial charge in [0.2, 0.25) is 0 Å². The van der Waals surface area contributed by atoms with E-state index in [9.17, 15) is 19.8 Å². The van der Waals surface area contributed by atoms with Crippen LogP contribution in [0.3, 0.4) is 0 Å². The number of unbranched alkanes of at least 4 members (excludes halogenated alkanes) is 15. The molecule has 47 heavy (non-hydrogen) atoms. The standard InChI is InChI=1S/C38H59NO8/c1-3-4-5-6-7-8-9-10-11-12-13-14-15-16-17-18-23-46-35-26-32(39(30-37(40)41)31-38(42)43)27-36(29-35)47-25-20-24-45-34-22-19-21-33(28-34)44-2/h19,21-22,26-29H,3-18,20,23-25,30-31H2,1-2H3,(H,40,41)(H,42,43). The summed E-state index contributed by atoms with van der Waals surface area (Å²) in [5, 5.41) is 18.7. The molecule has 2 aromatic rings. The van der Waals surface area contributed by atoms with Crippen molar-refractivity contribution in [1.82, 2.24) is 0 Å². The lowest BCUT2D eigenvalue weighted by atomic mass is 10.0. The van der Waals surface area contributed by atoms with Crippen molar-refractivity contribution in [1.29, 1.82) is 0 Å². The normalized spacial score (nSPS) is 10.9. The number of ether oxygens (including phenoxy) is 4. The Morgan fingerprint density at radius 2 is 0.957 bits per heavy atom. The number of aliphatic carboxylic acids is 2. The number of carboxylic acid groups (broad SMARTS) is 2. The maximum absolute atomic E-state index is 11.5. The van der Waals surface area contributed by atoms with Crippen molar-refractivity contribution in [3.8, 4) is 23.0 Å². The van der Waals surface area contributed by atoms with Crippen LogP contribution >= 0.6 is 0 Å². The Bertz CT molecular complexity index is 1110. The van der Waals surface area contributed by atoms with Crippen LogP contribution in [-0.2, 0) is 9.59 Å². The zero-order chi connectivity index (χ0) is 34.0. The Kier molecular flexibility index (Phi) is 21.4. The van der Waals surface area contributed by atoms with E-state index in [0.29, 0.717) is 49.2 Å². The fourth-order valence-electron chi connectivity index (χ4n) is 5.44. The highest BCUT2D eigenvalue weighted by Gasteiger charge is 2.17. The van der Waals surface area contributed by atoms with E-state index < -0.39 is 25.0 Å². The summed E-state index contributed by atoms with van der Waals surface area (Å²) in [6.45, 7) is 2.66. The molecule has 0 spiro atoms. The van der Waals surface area contributed by atoms with Gasteiger partial charge in [-0.15, -0.1) is 0 Å². The van der Waals surface area contributed by atoms with Crippen LogP contribution < -0.4 is 23.8 Å². The van der Waals surface area contributed by atoms with Crippen molar-refractivity contribution in [2.45, 2.75) is 116 Å². The van der Waals surface area contributed by atoms with Crippen LogP contribution in [0.25, 0.3) is 0 Å². The van der Waals surface area contributed by atoms with Gasteiger partial charge in [-0.25, -0.2) is 0 Å². The van der Waals surface area contributed by atoms with Crippen molar-refractivity contribution >= 4 is 17.6 Å². The second-order valence-corrected chi connectivity index (χ2v) is 12.2. The van der Waals surface area contributed by atoms with Gasteiger partial charge >= 0.3 is 11.9 Å². The average molecular weight is 658 g/mol. The first-order valence-electron chi connectivity index (χ1n) is 17.8. The Balaban J connectivity index is 1.73. The molecule has 0 heterocycles. The number of nitrogens with zero attached hydrogens (tertiary/aromatic N) is 1. The molecular formula is C38H59NO8. The number of hydrogen-bond acceptors (Lipinski definition) is 7. The smallest absolute Gasteiger partial charge is 0.323 e. The maximum atomic E-state index is 11.5. The Morgan fingerprint density at radius 3 is 1.43 bits per heavy atom. The van der Waals surface area contributed by atoms with E-state index in [2.05, 4.69) is 6.92 Å². The zero-order valence-electron chi connectivity index (χ0n) is 28.9. The monoisotopic (exact) mass is 657 g/mol. The van der Waals surface area contributed by atoms with Gasteiger partial charge in [0.15, 0.2) is 0 Å². The van der Waals surface area contributed by atoms with E-state index in [4.69, 9.17) is 18.9 Å². The van der Waals surface area contributed by atoms with Crippen molar-refractivity contribution in [3.05, 3.63) is 42.5 Å². The minimum Gasteiger partial charge on any atom is -0.497 e. The van der Waals surface area contributed by atoms with E-state index in [-0.39, 0.29) is 0 Å². The van der Waals surface area contributed by atoms with Crippen molar-refractivity contribution < 1.29 is 38.7 Å². The van der Waals surface area contributed by atoms with Crippen molar-refractivity contribution in [2.24, 2.45) is 0 Å². The molecule has 0 aliphatic rings. The van der Waals surface area contributed by atoms with Gasteiger partial charge in [-0.1, -0.05) is 109 Å². The molecule has 2 N–H and O–H groups in total. The first-order chi connectivity index (χ1) is 22.9. The highest BCUT2D eigenvalue weighted by atomic mass is 16.5. The molecule has 0 saturated carbocycles. The van der Waals surface area contributed by atoms with Crippen LogP contribution in [0.1, 0.15) is 116 Å². The molecule has 2 aromatic carbocycles. The quantitative estimate of drug-likeness (QED) is 0.0794. The van der Waals surface area contributed by atoms with Crippen LogP contribution in [0.5, 0.6) is 23.0 Å². The second-order valence-electron chi connectivity index (χ2n) is 12.2. The fraction of sp³-hybridized carbons (Fsp3) is 0.632. The highest BCUT2D eigenvalue weighted by Crippen LogP contribution is 2.29. The van der Waals surface area contributed by atoms with Gasteiger partial charge in [0.05, 0.1) is 26.9 Å². The molecular weight excluding hydrogens is 598 g/mol. The number of hydrogen-bond donors (Lipinski definition) is 2. The number of rotatable bonds is 30. The summed E-state index contributed by atoms with van der Waals surface area (Å²) in [7, 11) is 1.61. The molecule has 0 bridgehead atoms. The molecule has 0 aliphatic carbocycles. The molecule has 9 nitrogen and oxygen atoms in total. The summed E-state index contributed by atoms with van der Waals surface area (Å²) in [5.74, 6) is 0.174. The predicted octanol–water partition coefficient (Wildman–Crippen LogP) is 9.16. The number of anilines is 1. The molecule has 2 rings (SSSR count). The molecule has 0 atom stereocenters. The van der Waals surface area contributed by atoms with E-state index >= 15 is 0 Å². The van der Waals surface area contributed by atoms with E-state index in [0.717, 1.165) is 18.6 Å². The third-order valence-electron chi connectivity index (χ3n) is 8.02. The van der Waals surface area contributed by atoms with E-state index in [1.165, 1.54) is 94.8 Å². The molecule has 0 aliphatic heterocycles. The maximum Gasteiger partial charge on any atom is 0.323 e. The summed E-state index contributed by atoms with van der Waals surface area (Å²) in [5.41, 5.74) is 0.418. The molecule has 264 valence electrons. The van der Waals surface area contributed by atoms with Gasteiger partial charge in [-0.2, -0.15) is 0 Å². The zero-order valence-corrected chi connectivity index (χ0v) is 28.9. The van der Waals surface area contributed by atoms with Gasteiger partial charge in [0.25, 0.3) is 0 Å². The summed E-state index contributed by atoms with van der Waals surface area (Å²) in [6, 6.07) is 12.5. The van der Waals surface area contributed by atoms with Crippen LogP contribution in [0, 0.1) is 0 Å². The van der Waals surface area contributed by atoms with Gasteiger partial charge < -0.3 is 34.1 Å². The van der Waals surface area contributed by atoms with Gasteiger partial charge in [0, 0.05) is 36.4 Å². The molecule has 0 fully saturated rings. The molecule has 9 heteroatoms. The Morgan fingerprint density at radius 1 is 0.553 bits per heavy atom. The Labute approximate surface area is 282 Å². The number of carbonyl (C=O) groups is 2. The third-order valence-corrected chi connectivity index (χ3v) is 8.02. The molecule has 0 aromatic heterocycles. The lowest BCUT2D eigenvalue weighted by Gasteiger charge is -2.22. The van der Waals surface area contributed by atoms with E-state index in [1.807, 2.05) is 24.3 Å². The Hall–Kier alpha value is -3.62. The van der Waals surface area contributed by atoms with Crippen LogP contribution in [0.15, 0.2) is 42.5 Å². The topological polar surface area (TPSA) is 115 Å². The van der Waals surface area contributed by atoms with E-state index in [1.54, 1.807) is 25.3 Å². The third kappa shape index (κ3) is 19.6. The molecule has 0 saturated heterocycles. The summed E-state index contributed by atoms with van der Waals surface area (Å²) >= 11 is 0. The summed E-state index contributed by atoms with van der Waals surface area (Å²) in [4.78, 5) is 24.2. The molecule has 0 unspecified atom stereocenters. The van der Waals surface area contributed by atoms with Crippen molar-refractivity contribution in [3.63, 3.8) is 0 Å². The molecule has 0 radical (unpaired) electrons. The minimum atomic E-state index is -1.12. The van der Waals surface area contributed by atoms with Crippen LogP contribution in [0.4, 0.5) is 5.69 Å². The second kappa shape index (κ2) is 25.5. The van der Waals surface area contributed by atoms with Gasteiger partial charge in [0.1, 0.15) is 36.1 Å². The highest BCUT2D eigenvalue weighted by molar-refractivity contribution is 5.80. The van der Waals surface area contributed by atoms with Gasteiger partial charge in [-0.3, -0.25) is 9.59 Å². The van der Waals surface area contributed by atoms with Crippen molar-refractivity contribution in [2.75, 3.05) is 44.9 Å². The number of carboxylic acids is 2. The van der Waals surface area contributed by atoms with Gasteiger partial charge in [-0.05, 0) is 18.6 Å². The fourth-order valence-corrected chi connectivity index (χ4v) is 5.44. The van der Waals surface area contributed by atoms with Crippen LogP contribution in [-0.4, -0.2) is 62.2 Å². The first kappa shape index (κ1) is 39.6. The lowest BCUT2D eigenvalue weighted by Crippen LogP contribution is -2.34. The summed E-state index contributed by atoms with van der Waals surface area (Å²) < 4.78 is 23.0. The average Bonchev–Trinajstić information content (AvgIpc) is 3.05. The molecule has 0 amide bonds. The SMILES string of the molecule is CCCCCCCCCCCCCCCCCCOc1cc(OCCCOc2cccc(OC)c2)cc(N(CC(=O)O)CC(=O)O)c1. The largest absolute Gasteiger partial charge is 0.497 e.